The van der Waals surface area contributed by atoms with Gasteiger partial charge in [0.15, 0.2) is 8.32 Å². The number of allylic oxidation sites excluding steroid dienone is 1. The van der Waals surface area contributed by atoms with Crippen molar-refractivity contribution in [1.82, 2.24) is 0 Å². The SMILES string of the molecule is [3H]PO[C@@H]1C[C@H](O[Si](CC)(CC)CC)[C@H](C/C=C\CO)[C@H]1CC[C@@H](OP)C1CCCCC1. The highest BCUT2D eigenvalue weighted by atomic mass is 31.0. The van der Waals surface area contributed by atoms with E-state index in [2.05, 4.69) is 36.3 Å². The van der Waals surface area contributed by atoms with Gasteiger partial charge in [0.05, 0.1) is 26.2 Å². The van der Waals surface area contributed by atoms with Gasteiger partial charge in [-0.1, -0.05) is 52.2 Å². The van der Waals surface area contributed by atoms with Crippen LogP contribution in [-0.4, -0.2) is 39.6 Å². The Balaban J connectivity index is 2.17. The molecule has 0 aliphatic heterocycles. The fraction of sp³-hybridized carbons (Fsp3) is 0.917. The van der Waals surface area contributed by atoms with E-state index in [1.807, 2.05) is 6.08 Å². The van der Waals surface area contributed by atoms with Crippen LogP contribution in [0.3, 0.4) is 0 Å². The summed E-state index contributed by atoms with van der Waals surface area (Å²) in [7, 11) is 0.557. The van der Waals surface area contributed by atoms with Crippen LogP contribution in [0.4, 0.5) is 0 Å². The van der Waals surface area contributed by atoms with Crippen LogP contribution in [0.5, 0.6) is 0 Å². The van der Waals surface area contributed by atoms with Gasteiger partial charge in [0, 0.05) is 18.9 Å². The number of rotatable bonds is 15. The highest BCUT2D eigenvalue weighted by Gasteiger charge is 2.46. The molecule has 0 amide bonds. The molecule has 31 heavy (non-hydrogen) atoms. The molecule has 0 aromatic carbocycles. The van der Waals surface area contributed by atoms with Crippen LogP contribution >= 0.6 is 18.9 Å². The summed E-state index contributed by atoms with van der Waals surface area (Å²) in [4.78, 5) is 0. The maximum atomic E-state index is 9.28. The first-order valence-corrected chi connectivity index (χ1v) is 16.1. The van der Waals surface area contributed by atoms with E-state index in [9.17, 15) is 5.11 Å². The molecule has 2 saturated carbocycles. The third-order valence-corrected chi connectivity index (χ3v) is 13.6. The van der Waals surface area contributed by atoms with E-state index in [0.717, 1.165) is 43.8 Å². The largest absolute Gasteiger partial charge is 0.414 e. The fourth-order valence-corrected chi connectivity index (χ4v) is 9.60. The average Bonchev–Trinajstić information content (AvgIpc) is 3.14. The lowest BCUT2D eigenvalue weighted by Gasteiger charge is -2.35. The van der Waals surface area contributed by atoms with Crippen LogP contribution < -0.4 is 0 Å². The molecule has 2 unspecified atom stereocenters. The Morgan fingerprint density at radius 1 is 1.06 bits per heavy atom. The lowest BCUT2D eigenvalue weighted by Crippen LogP contribution is -2.41. The first kappa shape index (κ1) is 26.3. The summed E-state index contributed by atoms with van der Waals surface area (Å²) in [6, 6.07) is 3.45. The summed E-state index contributed by atoms with van der Waals surface area (Å²) in [6.45, 7) is 6.95. The first-order chi connectivity index (χ1) is 15.6. The van der Waals surface area contributed by atoms with Crippen molar-refractivity contribution in [3.05, 3.63) is 12.2 Å². The normalized spacial score (nSPS) is 29.9. The molecule has 0 aromatic rings. The number of hydrogen-bond acceptors (Lipinski definition) is 4. The summed E-state index contributed by atoms with van der Waals surface area (Å²) < 4.78 is 26.7. The Kier molecular flexibility index (Phi) is 12.6. The Bertz CT molecular complexity index is 524. The molecule has 2 rings (SSSR count). The van der Waals surface area contributed by atoms with Gasteiger partial charge in [0.2, 0.25) is 0 Å². The Labute approximate surface area is 198 Å². The second-order valence-corrected chi connectivity index (χ2v) is 14.9. The molecule has 7 atom stereocenters. The quantitative estimate of drug-likeness (QED) is 0.158. The van der Waals surface area contributed by atoms with Crippen molar-refractivity contribution in [2.75, 3.05) is 6.61 Å². The highest BCUT2D eigenvalue weighted by Crippen LogP contribution is 2.45. The van der Waals surface area contributed by atoms with Crippen molar-refractivity contribution in [1.29, 1.82) is 1.28 Å². The standard InChI is InChI=1S/C24H48O4P2Si/c1-4-31(5-2,6-3)28-24-18-23(27-30)21(20(24)14-10-11-17-25)15-16-22(26-29)19-12-8-7-9-13-19/h10-11,19-25H,4-9,12-18,29-30H2,1-3H3/b11-10-/t20-,21-,22-,23-,24+/m1/s1/i30T/t20-,21-,22-,23-,24+,30?. The maximum Gasteiger partial charge on any atom is 0.192 e. The summed E-state index contributed by atoms with van der Waals surface area (Å²) in [5, 5.41) is 9.28. The molecule has 0 spiro atoms. The maximum absolute atomic E-state index is 9.28. The number of aliphatic hydroxyl groups excluding tert-OH is 1. The predicted octanol–water partition coefficient (Wildman–Crippen LogP) is 6.66. The van der Waals surface area contributed by atoms with Gasteiger partial charge in [0.1, 0.15) is 0 Å². The predicted molar refractivity (Wildman–Crippen MR) is 139 cm³/mol. The van der Waals surface area contributed by atoms with Crippen molar-refractivity contribution >= 4 is 27.2 Å². The Morgan fingerprint density at radius 2 is 1.77 bits per heavy atom. The van der Waals surface area contributed by atoms with Gasteiger partial charge in [-0.2, -0.15) is 0 Å². The van der Waals surface area contributed by atoms with Gasteiger partial charge in [-0.05, 0) is 74.4 Å². The smallest absolute Gasteiger partial charge is 0.192 e. The van der Waals surface area contributed by atoms with E-state index >= 15 is 0 Å². The van der Waals surface area contributed by atoms with Crippen LogP contribution in [-0.2, 0) is 13.5 Å². The first-order valence-electron chi connectivity index (χ1n) is 13.2. The summed E-state index contributed by atoms with van der Waals surface area (Å²) in [5.41, 5.74) is 0. The van der Waals surface area contributed by atoms with Gasteiger partial charge < -0.3 is 18.6 Å². The fourth-order valence-electron chi connectivity index (χ4n) is 6.05. The van der Waals surface area contributed by atoms with E-state index in [1.54, 1.807) is 0 Å². The minimum atomic E-state index is -1.73. The third kappa shape index (κ3) is 7.84. The zero-order valence-electron chi connectivity index (χ0n) is 21.1. The molecule has 7 heteroatoms. The van der Waals surface area contributed by atoms with Crippen molar-refractivity contribution in [2.45, 2.75) is 115 Å². The number of hydrogen-bond donors (Lipinski definition) is 1. The molecule has 4 nitrogen and oxygen atoms in total. The Morgan fingerprint density at radius 3 is 2.35 bits per heavy atom. The number of aliphatic hydroxyl groups is 1. The second-order valence-electron chi connectivity index (χ2n) is 9.66. The van der Waals surface area contributed by atoms with Gasteiger partial charge in [-0.25, -0.2) is 0 Å². The molecule has 2 aliphatic carbocycles. The van der Waals surface area contributed by atoms with Crippen LogP contribution in [0.2, 0.25) is 18.1 Å². The van der Waals surface area contributed by atoms with E-state index < -0.39 is 8.32 Å². The molecule has 0 saturated heterocycles. The van der Waals surface area contributed by atoms with Gasteiger partial charge in [-0.15, -0.1) is 0 Å². The Hall–Kier alpha value is 0.657. The molecule has 2 fully saturated rings. The molecule has 182 valence electrons. The van der Waals surface area contributed by atoms with E-state index in [4.69, 9.17) is 14.8 Å². The average molecular weight is 493 g/mol. The lowest BCUT2D eigenvalue weighted by atomic mass is 9.80. The minimum absolute atomic E-state index is 0.0825. The molecular weight excluding hydrogens is 442 g/mol. The summed E-state index contributed by atoms with van der Waals surface area (Å²) in [6.07, 6.45) is 15.1. The van der Waals surface area contributed by atoms with E-state index in [1.165, 1.54) is 32.1 Å². The monoisotopic (exact) mass is 492 g/mol. The molecule has 0 aromatic heterocycles. The van der Waals surface area contributed by atoms with Crippen LogP contribution in [0.1, 0.15) is 78.6 Å². The zero-order chi connectivity index (χ0) is 23.4. The van der Waals surface area contributed by atoms with Gasteiger partial charge in [-0.3, -0.25) is 0 Å². The van der Waals surface area contributed by atoms with Crippen molar-refractivity contribution in [3.63, 3.8) is 0 Å². The van der Waals surface area contributed by atoms with Crippen molar-refractivity contribution in [2.24, 2.45) is 17.8 Å². The minimum Gasteiger partial charge on any atom is -0.414 e. The highest BCUT2D eigenvalue weighted by molar-refractivity contribution is 7.10. The zero-order valence-corrected chi connectivity index (χ0v) is 23.2. The third-order valence-electron chi connectivity index (χ3n) is 8.27. The second kappa shape index (κ2) is 14.8. The molecule has 0 heterocycles. The lowest BCUT2D eigenvalue weighted by molar-refractivity contribution is 0.0881. The molecule has 1 N–H and O–H groups in total. The van der Waals surface area contributed by atoms with Crippen molar-refractivity contribution < 1.29 is 18.6 Å². The van der Waals surface area contributed by atoms with E-state index in [0.29, 0.717) is 23.9 Å². The molecule has 2 aliphatic rings. The van der Waals surface area contributed by atoms with Gasteiger partial charge >= 0.3 is 0 Å². The molecule has 0 bridgehead atoms. The molecular formula is C24H48O4P2Si. The van der Waals surface area contributed by atoms with Gasteiger partial charge in [0.25, 0.3) is 0 Å². The van der Waals surface area contributed by atoms with Crippen molar-refractivity contribution in [3.8, 4) is 0 Å². The van der Waals surface area contributed by atoms with Crippen LogP contribution in [0.15, 0.2) is 12.2 Å². The van der Waals surface area contributed by atoms with E-state index in [-0.39, 0.29) is 28.2 Å². The topological polar surface area (TPSA) is 47.9 Å². The van der Waals surface area contributed by atoms with Crippen LogP contribution in [0, 0.1) is 17.8 Å². The summed E-state index contributed by atoms with van der Waals surface area (Å²) >= 11 is 0. The summed E-state index contributed by atoms with van der Waals surface area (Å²) in [5.74, 6) is 1.43. The van der Waals surface area contributed by atoms with Crippen LogP contribution in [0.25, 0.3) is 0 Å². The molecule has 0 radical (unpaired) electrons.